The molecule has 1 aliphatic rings. The van der Waals surface area contributed by atoms with Crippen molar-refractivity contribution in [1.29, 1.82) is 0 Å². The van der Waals surface area contributed by atoms with Crippen molar-refractivity contribution in [3.8, 4) is 0 Å². The zero-order chi connectivity index (χ0) is 36.7. The zero-order valence-corrected chi connectivity index (χ0v) is 32.3. The number of carbonyl (C=O) groups is 3. The van der Waals surface area contributed by atoms with Crippen LogP contribution in [-0.2, 0) is 14.4 Å². The van der Waals surface area contributed by atoms with Gasteiger partial charge in [0.25, 0.3) is 5.91 Å². The Morgan fingerprint density at radius 3 is 2.20 bits per heavy atom. The van der Waals surface area contributed by atoms with E-state index in [2.05, 4.69) is 62.4 Å². The lowest BCUT2D eigenvalue weighted by molar-refractivity contribution is -0.900. The summed E-state index contributed by atoms with van der Waals surface area (Å²) in [5.74, 6) is -0.187. The first-order valence-corrected chi connectivity index (χ1v) is 19.5. The fourth-order valence-corrected chi connectivity index (χ4v) is 7.74. The Balaban J connectivity index is 1.62. The van der Waals surface area contributed by atoms with Gasteiger partial charge in [-0.2, -0.15) is 0 Å². The predicted octanol–water partition coefficient (Wildman–Crippen LogP) is 8.91. The number of aliphatic carboxylic acids is 1. The summed E-state index contributed by atoms with van der Waals surface area (Å²) in [5.41, 5.74) is 7.59. The van der Waals surface area contributed by atoms with Crippen LogP contribution in [0.3, 0.4) is 0 Å². The molecule has 0 spiro atoms. The van der Waals surface area contributed by atoms with E-state index in [4.69, 9.17) is 5.11 Å². The lowest BCUT2D eigenvalue weighted by Crippen LogP contribution is -2.51. The smallest absolute Gasteiger partial charge is 0.303 e. The molecule has 0 radical (unpaired) electrons. The average molecular weight is 692 g/mol. The van der Waals surface area contributed by atoms with Gasteiger partial charge in [0.2, 0.25) is 5.91 Å². The standard InChI is InChI=1S/C42H66N4O4/c1-8-10-12-21-35(22-13-11-14-24-39(48)49)36-26-25-33(5)41(34(36)6)43-38(47)30-46(7,9-2)29-18-28-45-27-16-15-23-37(45)42(50)44-40-31(3)19-17-20-32(40)4/h17,19-20,25-26,35,37H,8-16,18,21-24,27-30H2,1-7H3,(H2-,43,44,47,48,49,50)/p+1/t35?,37-,46?/m1/s1. The summed E-state index contributed by atoms with van der Waals surface area (Å²) in [7, 11) is 2.17. The number of aryl methyl sites for hydroxylation is 3. The van der Waals surface area contributed by atoms with Crippen LogP contribution in [0.5, 0.6) is 0 Å². The second kappa shape index (κ2) is 20.6. The van der Waals surface area contributed by atoms with Crippen LogP contribution < -0.4 is 10.6 Å². The van der Waals surface area contributed by atoms with Gasteiger partial charge >= 0.3 is 5.97 Å². The highest BCUT2D eigenvalue weighted by Crippen LogP contribution is 2.35. The number of unbranched alkanes of at least 4 members (excludes halogenated alkanes) is 4. The molecule has 2 unspecified atom stereocenters. The third kappa shape index (κ3) is 12.5. The third-order valence-corrected chi connectivity index (χ3v) is 11.1. The summed E-state index contributed by atoms with van der Waals surface area (Å²) in [4.78, 5) is 40.5. The highest BCUT2D eigenvalue weighted by molar-refractivity contribution is 5.96. The lowest BCUT2D eigenvalue weighted by Gasteiger charge is -2.37. The number of rotatable bonds is 21. The van der Waals surface area contributed by atoms with E-state index >= 15 is 0 Å². The van der Waals surface area contributed by atoms with Crippen molar-refractivity contribution in [1.82, 2.24) is 4.90 Å². The topological polar surface area (TPSA) is 98.7 Å². The largest absolute Gasteiger partial charge is 0.481 e. The summed E-state index contributed by atoms with van der Waals surface area (Å²) in [6, 6.07) is 10.4. The summed E-state index contributed by atoms with van der Waals surface area (Å²) < 4.78 is 0.646. The number of hydrogen-bond acceptors (Lipinski definition) is 4. The number of carboxylic acids is 1. The number of likely N-dealkylation sites (tertiary alicyclic amines) is 1. The molecule has 1 aliphatic heterocycles. The molecule has 2 aromatic rings. The van der Waals surface area contributed by atoms with Crippen LogP contribution in [0.1, 0.15) is 131 Å². The Bertz CT molecular complexity index is 1390. The van der Waals surface area contributed by atoms with Gasteiger partial charge in [0.1, 0.15) is 0 Å². The molecule has 50 heavy (non-hydrogen) atoms. The minimum absolute atomic E-state index is 0.0396. The quantitative estimate of drug-likeness (QED) is 0.0897. The molecular formula is C42H67N4O4+. The first-order valence-electron chi connectivity index (χ1n) is 19.5. The Kier molecular flexibility index (Phi) is 17.0. The van der Waals surface area contributed by atoms with E-state index in [0.29, 0.717) is 16.9 Å². The first-order chi connectivity index (χ1) is 23.9. The minimum Gasteiger partial charge on any atom is -0.481 e. The van der Waals surface area contributed by atoms with E-state index in [1.165, 1.54) is 24.8 Å². The summed E-state index contributed by atoms with van der Waals surface area (Å²) >= 11 is 0. The van der Waals surface area contributed by atoms with Crippen LogP contribution in [-0.4, -0.2) is 78.1 Å². The van der Waals surface area contributed by atoms with Gasteiger partial charge in [0.05, 0.1) is 26.2 Å². The summed E-state index contributed by atoms with van der Waals surface area (Å²) in [5, 5.41) is 15.6. The van der Waals surface area contributed by atoms with Gasteiger partial charge in [-0.1, -0.05) is 75.8 Å². The molecule has 2 aromatic carbocycles. The van der Waals surface area contributed by atoms with Gasteiger partial charge < -0.3 is 20.2 Å². The monoisotopic (exact) mass is 692 g/mol. The fraction of sp³-hybridized carbons (Fsp3) is 0.643. The van der Waals surface area contributed by atoms with Gasteiger partial charge in [0.15, 0.2) is 6.54 Å². The molecular weight excluding hydrogens is 624 g/mol. The summed E-state index contributed by atoms with van der Waals surface area (Å²) in [6.07, 6.45) is 12.6. The number of hydrogen-bond donors (Lipinski definition) is 3. The van der Waals surface area contributed by atoms with Crippen molar-refractivity contribution in [2.45, 2.75) is 137 Å². The Morgan fingerprint density at radius 2 is 1.54 bits per heavy atom. The zero-order valence-electron chi connectivity index (χ0n) is 32.3. The van der Waals surface area contributed by atoms with Crippen molar-refractivity contribution in [2.24, 2.45) is 0 Å². The number of carbonyl (C=O) groups excluding carboxylic acids is 2. The van der Waals surface area contributed by atoms with Gasteiger partial charge in [-0.25, -0.2) is 0 Å². The van der Waals surface area contributed by atoms with Crippen molar-refractivity contribution >= 4 is 29.2 Å². The molecule has 3 N–H and O–H groups in total. The molecule has 1 fully saturated rings. The molecule has 3 rings (SSSR count). The van der Waals surface area contributed by atoms with Gasteiger partial charge in [0, 0.05) is 30.8 Å². The molecule has 0 aliphatic carbocycles. The maximum atomic E-state index is 13.7. The average Bonchev–Trinajstić information content (AvgIpc) is 3.07. The van der Waals surface area contributed by atoms with Crippen LogP contribution in [0.25, 0.3) is 0 Å². The Hall–Kier alpha value is -3.23. The normalized spacial score (nSPS) is 16.8. The third-order valence-electron chi connectivity index (χ3n) is 11.1. The molecule has 0 aromatic heterocycles. The van der Waals surface area contributed by atoms with Crippen molar-refractivity contribution in [3.05, 3.63) is 58.1 Å². The number of nitrogens with one attached hydrogen (secondary N) is 2. The molecule has 1 saturated heterocycles. The number of quaternary nitrogens is 1. The van der Waals surface area contributed by atoms with Crippen LogP contribution in [0.4, 0.5) is 11.4 Å². The van der Waals surface area contributed by atoms with E-state index < -0.39 is 5.97 Å². The second-order valence-electron chi connectivity index (χ2n) is 15.2. The molecule has 278 valence electrons. The molecule has 8 heteroatoms. The minimum atomic E-state index is -0.721. The van der Waals surface area contributed by atoms with Crippen LogP contribution >= 0.6 is 0 Å². The van der Waals surface area contributed by atoms with Crippen LogP contribution in [0.2, 0.25) is 0 Å². The SMILES string of the molecule is CCCCCC(CCCCCC(=O)O)c1ccc(C)c(NC(=O)C[N+](C)(CC)CCCN2CCCC[C@@H]2C(=O)Nc2c(C)cccc2C)c1C. The first kappa shape index (κ1) is 41.2. The van der Waals surface area contributed by atoms with Gasteiger partial charge in [-0.15, -0.1) is 0 Å². The molecule has 0 bridgehead atoms. The van der Waals surface area contributed by atoms with Crippen molar-refractivity contribution < 1.29 is 24.0 Å². The van der Waals surface area contributed by atoms with Gasteiger partial charge in [-0.3, -0.25) is 19.3 Å². The molecule has 3 atom stereocenters. The highest BCUT2D eigenvalue weighted by Gasteiger charge is 2.31. The number of para-hydroxylation sites is 1. The number of carboxylic acid groups (broad SMARTS) is 1. The summed E-state index contributed by atoms with van der Waals surface area (Å²) in [6.45, 7) is 16.6. The number of likely N-dealkylation sites (N-methyl/N-ethyl adjacent to an activating group) is 1. The van der Waals surface area contributed by atoms with E-state index in [0.717, 1.165) is 118 Å². The number of piperidine rings is 1. The fourth-order valence-electron chi connectivity index (χ4n) is 7.74. The van der Waals surface area contributed by atoms with E-state index in [1.54, 1.807) is 0 Å². The maximum Gasteiger partial charge on any atom is 0.303 e. The van der Waals surface area contributed by atoms with Crippen LogP contribution in [0.15, 0.2) is 30.3 Å². The predicted molar refractivity (Wildman–Crippen MR) is 207 cm³/mol. The number of anilines is 2. The Morgan fingerprint density at radius 1 is 0.860 bits per heavy atom. The van der Waals surface area contributed by atoms with E-state index in [-0.39, 0.29) is 24.3 Å². The van der Waals surface area contributed by atoms with E-state index in [9.17, 15) is 14.4 Å². The van der Waals surface area contributed by atoms with Crippen molar-refractivity contribution in [3.63, 3.8) is 0 Å². The maximum absolute atomic E-state index is 13.7. The molecule has 2 amide bonds. The number of amides is 2. The number of benzene rings is 2. The molecule has 0 saturated carbocycles. The van der Waals surface area contributed by atoms with E-state index in [1.807, 2.05) is 32.0 Å². The second-order valence-corrected chi connectivity index (χ2v) is 15.2. The van der Waals surface area contributed by atoms with Gasteiger partial charge in [-0.05, 0) is 107 Å². The number of nitrogens with zero attached hydrogens (tertiary/aromatic N) is 2. The molecule has 8 nitrogen and oxygen atoms in total. The van der Waals surface area contributed by atoms with Crippen LogP contribution in [0, 0.1) is 27.7 Å². The van der Waals surface area contributed by atoms with Crippen molar-refractivity contribution in [2.75, 3.05) is 50.4 Å². The Labute approximate surface area is 303 Å². The highest BCUT2D eigenvalue weighted by atomic mass is 16.4. The lowest BCUT2D eigenvalue weighted by atomic mass is 9.84. The molecule has 1 heterocycles.